The first-order valence-electron chi connectivity index (χ1n) is 7.00. The van der Waals surface area contributed by atoms with Crippen molar-refractivity contribution in [2.45, 2.75) is 43.4 Å². The number of nitrogens with one attached hydrogen (secondary N) is 2. The van der Waals surface area contributed by atoms with Crippen LogP contribution in [0.3, 0.4) is 0 Å². The van der Waals surface area contributed by atoms with Gasteiger partial charge in [0.2, 0.25) is 10.0 Å². The molecular formula is C14H21BrN2O3S. The highest BCUT2D eigenvalue weighted by molar-refractivity contribution is 9.10. The second-order valence-corrected chi connectivity index (χ2v) is 7.73. The molecule has 0 spiro atoms. The van der Waals surface area contributed by atoms with Crippen molar-refractivity contribution in [3.63, 3.8) is 0 Å². The first kappa shape index (κ1) is 16.9. The summed E-state index contributed by atoms with van der Waals surface area (Å²) in [6.07, 6.45) is 1.62. The fourth-order valence-electron chi connectivity index (χ4n) is 2.27. The quantitative estimate of drug-likeness (QED) is 0.763. The summed E-state index contributed by atoms with van der Waals surface area (Å²) in [6.45, 7) is 3.51. The summed E-state index contributed by atoms with van der Waals surface area (Å²) in [5, 5.41) is 3.19. The van der Waals surface area contributed by atoms with Gasteiger partial charge in [-0.1, -0.05) is 13.0 Å². The minimum atomic E-state index is -3.51. The van der Waals surface area contributed by atoms with Crippen molar-refractivity contribution in [3.05, 3.63) is 28.2 Å². The zero-order valence-corrected chi connectivity index (χ0v) is 14.6. The smallest absolute Gasteiger partial charge is 0.241 e. The molecule has 0 atom stereocenters. The minimum Gasteiger partial charge on any atom is -0.381 e. The fourth-order valence-corrected chi connectivity index (χ4v) is 4.55. The third kappa shape index (κ3) is 4.26. The maximum atomic E-state index is 12.5. The zero-order valence-electron chi connectivity index (χ0n) is 12.2. The zero-order chi connectivity index (χ0) is 15.5. The van der Waals surface area contributed by atoms with Gasteiger partial charge in [0.15, 0.2) is 0 Å². The molecule has 0 bridgehead atoms. The molecule has 0 radical (unpaired) electrons. The topological polar surface area (TPSA) is 67.4 Å². The predicted molar refractivity (Wildman–Crippen MR) is 85.7 cm³/mol. The number of hydrogen-bond donors (Lipinski definition) is 2. The molecular weight excluding hydrogens is 356 g/mol. The summed E-state index contributed by atoms with van der Waals surface area (Å²) >= 11 is 3.33. The van der Waals surface area contributed by atoms with Crippen LogP contribution in [0.15, 0.2) is 27.6 Å². The van der Waals surface area contributed by atoms with Crippen LogP contribution in [-0.2, 0) is 21.3 Å². The summed E-state index contributed by atoms with van der Waals surface area (Å²) in [4.78, 5) is 0.291. The van der Waals surface area contributed by atoms with Crippen LogP contribution in [0, 0.1) is 0 Å². The Kier molecular flexibility index (Phi) is 5.79. The van der Waals surface area contributed by atoms with E-state index < -0.39 is 10.0 Å². The molecule has 0 amide bonds. The van der Waals surface area contributed by atoms with Gasteiger partial charge in [-0.05, 0) is 53.0 Å². The van der Waals surface area contributed by atoms with Gasteiger partial charge in [0.05, 0.1) is 11.0 Å². The molecule has 21 heavy (non-hydrogen) atoms. The summed E-state index contributed by atoms with van der Waals surface area (Å²) in [6, 6.07) is 5.36. The van der Waals surface area contributed by atoms with Gasteiger partial charge in [0.25, 0.3) is 0 Å². The van der Waals surface area contributed by atoms with Crippen molar-refractivity contribution >= 4 is 26.0 Å². The van der Waals surface area contributed by atoms with Gasteiger partial charge < -0.3 is 10.1 Å². The third-order valence-electron chi connectivity index (χ3n) is 3.61. The van der Waals surface area contributed by atoms with Gasteiger partial charge in [0, 0.05) is 24.2 Å². The predicted octanol–water partition coefficient (Wildman–Crippen LogP) is 2.01. The number of rotatable bonds is 7. The lowest BCUT2D eigenvalue weighted by atomic mass is 9.90. The highest BCUT2D eigenvalue weighted by atomic mass is 79.9. The largest absolute Gasteiger partial charge is 0.381 e. The molecule has 1 fully saturated rings. The molecule has 1 saturated carbocycles. The van der Waals surface area contributed by atoms with E-state index >= 15 is 0 Å². The van der Waals surface area contributed by atoms with Gasteiger partial charge in [-0.3, -0.25) is 0 Å². The second-order valence-electron chi connectivity index (χ2n) is 5.19. The summed E-state index contributed by atoms with van der Waals surface area (Å²) in [5.41, 5.74) is 0.948. The monoisotopic (exact) mass is 376 g/mol. The van der Waals surface area contributed by atoms with Gasteiger partial charge in [0.1, 0.15) is 0 Å². The van der Waals surface area contributed by atoms with Crippen molar-refractivity contribution in [3.8, 4) is 0 Å². The first-order valence-corrected chi connectivity index (χ1v) is 9.28. The van der Waals surface area contributed by atoms with Crippen LogP contribution in [0.5, 0.6) is 0 Å². The number of methoxy groups -OCH3 is 1. The molecule has 5 nitrogen and oxygen atoms in total. The van der Waals surface area contributed by atoms with E-state index in [4.69, 9.17) is 4.74 Å². The molecule has 118 valence electrons. The van der Waals surface area contributed by atoms with E-state index in [2.05, 4.69) is 26.0 Å². The number of ether oxygens (including phenoxy) is 1. The lowest BCUT2D eigenvalue weighted by molar-refractivity contribution is 0.0236. The normalized spacial score (nSPS) is 22.0. The van der Waals surface area contributed by atoms with E-state index in [1.807, 2.05) is 13.0 Å². The van der Waals surface area contributed by atoms with Crippen LogP contribution in [0.4, 0.5) is 0 Å². The van der Waals surface area contributed by atoms with Crippen LogP contribution < -0.4 is 10.0 Å². The molecule has 0 saturated heterocycles. The SMILES string of the molecule is CCNCc1ccc(Br)c(S(=O)(=O)NC2CC(OC)C2)c1. The van der Waals surface area contributed by atoms with Crippen LogP contribution >= 0.6 is 15.9 Å². The average Bonchev–Trinajstić information content (AvgIpc) is 2.41. The molecule has 1 aliphatic carbocycles. The Labute approximate surface area is 134 Å². The number of hydrogen-bond acceptors (Lipinski definition) is 4. The summed E-state index contributed by atoms with van der Waals surface area (Å²) in [7, 11) is -1.86. The van der Waals surface area contributed by atoms with Crippen molar-refractivity contribution in [2.24, 2.45) is 0 Å². The molecule has 2 N–H and O–H groups in total. The highest BCUT2D eigenvalue weighted by Crippen LogP contribution is 2.27. The van der Waals surface area contributed by atoms with Crippen molar-refractivity contribution in [1.29, 1.82) is 0 Å². The Hall–Kier alpha value is -0.470. The van der Waals surface area contributed by atoms with Crippen LogP contribution in [0.25, 0.3) is 0 Å². The molecule has 2 rings (SSSR count). The van der Waals surface area contributed by atoms with E-state index in [1.165, 1.54) is 0 Å². The van der Waals surface area contributed by atoms with Crippen molar-refractivity contribution < 1.29 is 13.2 Å². The molecule has 0 aliphatic heterocycles. The standard InChI is InChI=1S/C14H21BrN2O3S/c1-3-16-9-10-4-5-13(15)14(6-10)21(18,19)17-11-7-12(8-11)20-2/h4-6,11-12,16-17H,3,7-9H2,1-2H3. The van der Waals surface area contributed by atoms with Crippen LogP contribution in [-0.4, -0.2) is 34.2 Å². The Morgan fingerprint density at radius 2 is 2.10 bits per heavy atom. The molecule has 1 aromatic carbocycles. The lowest BCUT2D eigenvalue weighted by Gasteiger charge is -2.34. The van der Waals surface area contributed by atoms with E-state index in [0.717, 1.165) is 24.9 Å². The summed E-state index contributed by atoms with van der Waals surface area (Å²) in [5.74, 6) is 0. The van der Waals surface area contributed by atoms with Crippen LogP contribution in [0.2, 0.25) is 0 Å². The van der Waals surface area contributed by atoms with E-state index in [9.17, 15) is 8.42 Å². The lowest BCUT2D eigenvalue weighted by Crippen LogP contribution is -2.47. The third-order valence-corrected chi connectivity index (χ3v) is 6.13. The second kappa shape index (κ2) is 7.19. The Morgan fingerprint density at radius 1 is 1.38 bits per heavy atom. The summed E-state index contributed by atoms with van der Waals surface area (Å²) < 4.78 is 33.4. The van der Waals surface area contributed by atoms with Crippen LogP contribution in [0.1, 0.15) is 25.3 Å². The Morgan fingerprint density at radius 3 is 2.71 bits per heavy atom. The maximum absolute atomic E-state index is 12.5. The number of benzene rings is 1. The Balaban J connectivity index is 2.11. The first-order chi connectivity index (χ1) is 9.96. The molecule has 0 aromatic heterocycles. The van der Waals surface area contributed by atoms with Gasteiger partial charge in [-0.15, -0.1) is 0 Å². The van der Waals surface area contributed by atoms with Gasteiger partial charge in [-0.25, -0.2) is 13.1 Å². The molecule has 7 heteroatoms. The molecule has 1 aromatic rings. The molecule has 0 unspecified atom stereocenters. The maximum Gasteiger partial charge on any atom is 0.241 e. The number of sulfonamides is 1. The highest BCUT2D eigenvalue weighted by Gasteiger charge is 2.33. The van der Waals surface area contributed by atoms with E-state index in [-0.39, 0.29) is 12.1 Å². The molecule has 1 aliphatic rings. The van der Waals surface area contributed by atoms with E-state index in [1.54, 1.807) is 19.2 Å². The Bertz CT molecular complexity index is 586. The average molecular weight is 377 g/mol. The van der Waals surface area contributed by atoms with E-state index in [0.29, 0.717) is 15.9 Å². The minimum absolute atomic E-state index is 0.0377. The molecule has 0 heterocycles. The fraction of sp³-hybridized carbons (Fsp3) is 0.571. The van der Waals surface area contributed by atoms with Gasteiger partial charge >= 0.3 is 0 Å². The van der Waals surface area contributed by atoms with Crippen molar-refractivity contribution in [2.75, 3.05) is 13.7 Å². The number of halogens is 1. The van der Waals surface area contributed by atoms with Crippen molar-refractivity contribution in [1.82, 2.24) is 10.0 Å². The van der Waals surface area contributed by atoms with Gasteiger partial charge in [-0.2, -0.15) is 0 Å².